The van der Waals surface area contributed by atoms with Gasteiger partial charge in [0, 0.05) is 38.2 Å². The Balaban J connectivity index is 1.36. The van der Waals surface area contributed by atoms with Crippen LogP contribution in [0.25, 0.3) is 5.65 Å². The maximum Gasteiger partial charge on any atom is 0.225 e. The van der Waals surface area contributed by atoms with Gasteiger partial charge < -0.3 is 14.2 Å². The molecular weight excluding hydrogens is 320 g/mol. The van der Waals surface area contributed by atoms with Gasteiger partial charge in [0.25, 0.3) is 0 Å². The van der Waals surface area contributed by atoms with Crippen LogP contribution in [0.4, 0.5) is 5.82 Å². The molecule has 0 aliphatic carbocycles. The largest absolute Gasteiger partial charge is 0.472 e. The molecule has 0 bridgehead atoms. The van der Waals surface area contributed by atoms with Gasteiger partial charge >= 0.3 is 0 Å². The number of furan rings is 1. The molecule has 1 fully saturated rings. The quantitative estimate of drug-likeness (QED) is 0.718. The molecule has 130 valence electrons. The van der Waals surface area contributed by atoms with Gasteiger partial charge in [0.2, 0.25) is 5.91 Å². The van der Waals surface area contributed by atoms with Gasteiger partial charge in [0.1, 0.15) is 12.1 Å². The van der Waals surface area contributed by atoms with Crippen molar-refractivity contribution in [2.75, 3.05) is 25.0 Å². The van der Waals surface area contributed by atoms with Gasteiger partial charge in [-0.3, -0.25) is 4.79 Å². The third-order valence-corrected chi connectivity index (χ3v) is 4.69. The molecule has 0 atom stereocenters. The van der Waals surface area contributed by atoms with E-state index in [2.05, 4.69) is 20.2 Å². The monoisotopic (exact) mass is 340 g/mol. The molecule has 0 unspecified atom stereocenters. The van der Waals surface area contributed by atoms with Crippen LogP contribution in [0.1, 0.15) is 18.4 Å². The summed E-state index contributed by atoms with van der Waals surface area (Å²) in [6.45, 7) is 2.22. The number of hydrogen-bond acceptors (Lipinski definition) is 6. The van der Waals surface area contributed by atoms with Gasteiger partial charge in [0.05, 0.1) is 12.5 Å². The van der Waals surface area contributed by atoms with Crippen molar-refractivity contribution >= 4 is 17.4 Å². The number of anilines is 1. The minimum atomic E-state index is 0.0618. The summed E-state index contributed by atoms with van der Waals surface area (Å²) in [6, 6.07) is 5.75. The highest BCUT2D eigenvalue weighted by Crippen LogP contribution is 2.23. The molecule has 25 heavy (non-hydrogen) atoms. The Hall–Kier alpha value is -2.90. The molecule has 1 amide bonds. The first-order valence-electron chi connectivity index (χ1n) is 8.39. The Labute approximate surface area is 145 Å². The summed E-state index contributed by atoms with van der Waals surface area (Å²) in [7, 11) is 1.85. The summed E-state index contributed by atoms with van der Waals surface area (Å²) in [5.74, 6) is 1.15. The molecule has 1 saturated heterocycles. The van der Waals surface area contributed by atoms with Crippen LogP contribution in [0.15, 0.2) is 41.5 Å². The topological polar surface area (TPSA) is 79.8 Å². The summed E-state index contributed by atoms with van der Waals surface area (Å²) in [4.78, 5) is 16.6. The highest BCUT2D eigenvalue weighted by molar-refractivity contribution is 5.79. The number of fused-ring (bicyclic) bond motifs is 1. The van der Waals surface area contributed by atoms with Gasteiger partial charge in [-0.1, -0.05) is 0 Å². The summed E-state index contributed by atoms with van der Waals surface area (Å²) < 4.78 is 6.74. The van der Waals surface area contributed by atoms with Crippen molar-refractivity contribution in [1.29, 1.82) is 0 Å². The van der Waals surface area contributed by atoms with Crippen LogP contribution in [0, 0.1) is 5.92 Å². The normalized spacial score (nSPS) is 15.6. The lowest BCUT2D eigenvalue weighted by Crippen LogP contribution is -2.41. The average molecular weight is 340 g/mol. The fourth-order valence-electron chi connectivity index (χ4n) is 3.29. The fourth-order valence-corrected chi connectivity index (χ4v) is 3.29. The maximum atomic E-state index is 12.6. The predicted octanol–water partition coefficient (Wildman–Crippen LogP) is 1.59. The molecule has 0 radical (unpaired) electrons. The fraction of sp³-hybridized carbons (Fsp3) is 0.412. The molecule has 0 saturated carbocycles. The predicted molar refractivity (Wildman–Crippen MR) is 90.9 cm³/mol. The second-order valence-corrected chi connectivity index (χ2v) is 6.41. The van der Waals surface area contributed by atoms with Crippen molar-refractivity contribution in [3.05, 3.63) is 42.6 Å². The number of nitrogens with zero attached hydrogens (tertiary/aromatic N) is 6. The van der Waals surface area contributed by atoms with Crippen molar-refractivity contribution in [3.8, 4) is 0 Å². The Morgan fingerprint density at radius 3 is 2.92 bits per heavy atom. The van der Waals surface area contributed by atoms with Crippen LogP contribution >= 0.6 is 0 Å². The molecule has 1 aliphatic rings. The third-order valence-electron chi connectivity index (χ3n) is 4.69. The molecule has 3 aromatic rings. The van der Waals surface area contributed by atoms with Gasteiger partial charge in [-0.25, -0.2) is 0 Å². The zero-order valence-corrected chi connectivity index (χ0v) is 14.1. The third kappa shape index (κ3) is 3.19. The van der Waals surface area contributed by atoms with Crippen LogP contribution < -0.4 is 4.90 Å². The summed E-state index contributed by atoms with van der Waals surface area (Å²) in [6.07, 6.45) is 6.57. The van der Waals surface area contributed by atoms with Gasteiger partial charge in [-0.15, -0.1) is 15.3 Å². The number of amides is 1. The zero-order chi connectivity index (χ0) is 17.2. The van der Waals surface area contributed by atoms with Crippen LogP contribution in [-0.4, -0.2) is 50.8 Å². The van der Waals surface area contributed by atoms with Crippen molar-refractivity contribution in [3.63, 3.8) is 0 Å². The van der Waals surface area contributed by atoms with Crippen molar-refractivity contribution in [2.45, 2.75) is 19.4 Å². The smallest absolute Gasteiger partial charge is 0.225 e. The van der Waals surface area contributed by atoms with E-state index in [9.17, 15) is 4.79 Å². The molecule has 0 aromatic carbocycles. The van der Waals surface area contributed by atoms with Crippen molar-refractivity contribution in [2.24, 2.45) is 5.92 Å². The van der Waals surface area contributed by atoms with Crippen molar-refractivity contribution in [1.82, 2.24) is 24.7 Å². The Kier molecular flexibility index (Phi) is 4.09. The van der Waals surface area contributed by atoms with Gasteiger partial charge in [-0.2, -0.15) is 4.52 Å². The van der Waals surface area contributed by atoms with E-state index in [1.54, 1.807) is 28.3 Å². The lowest BCUT2D eigenvalue weighted by Gasteiger charge is -2.33. The van der Waals surface area contributed by atoms with E-state index < -0.39 is 0 Å². The van der Waals surface area contributed by atoms with E-state index in [0.29, 0.717) is 6.54 Å². The van der Waals surface area contributed by atoms with Crippen LogP contribution in [0.3, 0.4) is 0 Å². The second kappa shape index (κ2) is 6.54. The van der Waals surface area contributed by atoms with Crippen LogP contribution in [-0.2, 0) is 11.3 Å². The van der Waals surface area contributed by atoms with Crippen LogP contribution in [0.5, 0.6) is 0 Å². The SMILES string of the molecule is CN(Cc1ccoc1)C(=O)C1CCN(c2ccc3nncn3n2)CC1. The lowest BCUT2D eigenvalue weighted by molar-refractivity contribution is -0.135. The average Bonchev–Trinajstić information content (AvgIpc) is 3.32. The van der Waals surface area contributed by atoms with Gasteiger partial charge in [0.15, 0.2) is 5.65 Å². The minimum Gasteiger partial charge on any atom is -0.472 e. The van der Waals surface area contributed by atoms with E-state index in [0.717, 1.165) is 43.0 Å². The number of aromatic nitrogens is 4. The van der Waals surface area contributed by atoms with E-state index in [-0.39, 0.29) is 11.8 Å². The van der Waals surface area contributed by atoms with E-state index in [4.69, 9.17) is 4.42 Å². The molecule has 1 aliphatic heterocycles. The Morgan fingerprint density at radius 1 is 1.32 bits per heavy atom. The van der Waals surface area contributed by atoms with Crippen molar-refractivity contribution < 1.29 is 9.21 Å². The molecule has 8 nitrogen and oxygen atoms in total. The Bertz CT molecular complexity index is 851. The number of carbonyl (C=O) groups excluding carboxylic acids is 1. The molecule has 3 aromatic heterocycles. The summed E-state index contributed by atoms with van der Waals surface area (Å²) in [5.41, 5.74) is 1.74. The molecule has 4 rings (SSSR count). The molecule has 0 N–H and O–H groups in total. The van der Waals surface area contributed by atoms with E-state index in [1.807, 2.05) is 25.2 Å². The Morgan fingerprint density at radius 2 is 2.16 bits per heavy atom. The number of rotatable bonds is 4. The summed E-state index contributed by atoms with van der Waals surface area (Å²) in [5, 5.41) is 12.3. The molecule has 8 heteroatoms. The molecular formula is C17H20N6O2. The second-order valence-electron chi connectivity index (χ2n) is 6.41. The van der Waals surface area contributed by atoms with Crippen LogP contribution in [0.2, 0.25) is 0 Å². The first-order valence-corrected chi connectivity index (χ1v) is 8.39. The number of hydrogen-bond donors (Lipinski definition) is 0. The first-order chi connectivity index (χ1) is 12.2. The number of carbonyl (C=O) groups is 1. The highest BCUT2D eigenvalue weighted by Gasteiger charge is 2.28. The number of piperidine rings is 1. The minimum absolute atomic E-state index is 0.0618. The molecule has 0 spiro atoms. The first kappa shape index (κ1) is 15.6. The molecule has 4 heterocycles. The van der Waals surface area contributed by atoms with E-state index >= 15 is 0 Å². The highest BCUT2D eigenvalue weighted by atomic mass is 16.3. The zero-order valence-electron chi connectivity index (χ0n) is 14.1. The summed E-state index contributed by atoms with van der Waals surface area (Å²) >= 11 is 0. The standard InChI is InChI=1S/C17H20N6O2/c1-21(10-13-6-9-25-11-13)17(24)14-4-7-22(8-5-14)16-3-2-15-19-18-12-23(15)20-16/h2-3,6,9,11-12,14H,4-5,7-8,10H2,1H3. The van der Waals surface area contributed by atoms with Gasteiger partial charge in [-0.05, 0) is 31.0 Å². The maximum absolute atomic E-state index is 12.6. The van der Waals surface area contributed by atoms with E-state index in [1.165, 1.54) is 0 Å². The lowest BCUT2D eigenvalue weighted by atomic mass is 9.95.